The highest BCUT2D eigenvalue weighted by Gasteiger charge is 2.37. The van der Waals surface area contributed by atoms with Crippen LogP contribution >= 0.6 is 0 Å². The highest BCUT2D eigenvalue weighted by Crippen LogP contribution is 2.39. The summed E-state index contributed by atoms with van der Waals surface area (Å²) in [5.41, 5.74) is 3.40. The number of benzene rings is 2. The summed E-state index contributed by atoms with van der Waals surface area (Å²) in [5.74, 6) is -5.32. The lowest BCUT2D eigenvalue weighted by atomic mass is 10.1. The van der Waals surface area contributed by atoms with Crippen LogP contribution in [0.4, 0.5) is 30.2 Å². The first kappa shape index (κ1) is 20.1. The van der Waals surface area contributed by atoms with E-state index in [2.05, 4.69) is 5.32 Å². The Bertz CT molecular complexity index is 1010. The summed E-state index contributed by atoms with van der Waals surface area (Å²) < 4.78 is 41.6. The minimum absolute atomic E-state index is 0.0511. The smallest absolute Gasteiger partial charge is 0.295 e. The summed E-state index contributed by atoms with van der Waals surface area (Å²) in [7, 11) is 0. The second-order valence-electron chi connectivity index (χ2n) is 6.45. The van der Waals surface area contributed by atoms with Crippen molar-refractivity contribution in [3.8, 4) is 0 Å². The maximum absolute atomic E-state index is 14.4. The third kappa shape index (κ3) is 4.28. The van der Waals surface area contributed by atoms with Gasteiger partial charge in [0.2, 0.25) is 5.91 Å². The first-order chi connectivity index (χ1) is 13.7. The molecular formula is C18H15F3N4O4. The fraction of sp³-hybridized carbons (Fsp3) is 0.222. The molecule has 2 amide bonds. The topological polar surface area (TPSA) is 119 Å². The van der Waals surface area contributed by atoms with Gasteiger partial charge in [-0.25, -0.2) is 13.2 Å². The molecule has 2 aromatic carbocycles. The number of nitrogens with zero attached hydrogens (tertiary/aromatic N) is 2. The molecule has 0 heterocycles. The fourth-order valence-electron chi connectivity index (χ4n) is 2.87. The average Bonchev–Trinajstić information content (AvgIpc) is 3.48. The fourth-order valence-corrected chi connectivity index (χ4v) is 2.87. The first-order valence-electron chi connectivity index (χ1n) is 8.47. The minimum atomic E-state index is -1.42. The van der Waals surface area contributed by atoms with E-state index in [0.717, 1.165) is 23.1 Å². The van der Waals surface area contributed by atoms with E-state index in [4.69, 9.17) is 5.73 Å². The van der Waals surface area contributed by atoms with Crippen molar-refractivity contribution in [3.05, 3.63) is 63.5 Å². The minimum Gasteiger partial charge on any atom is -0.366 e. The van der Waals surface area contributed by atoms with Gasteiger partial charge in [0.25, 0.3) is 11.6 Å². The molecule has 0 aromatic heterocycles. The lowest BCUT2D eigenvalue weighted by Crippen LogP contribution is -2.36. The molecular weight excluding hydrogens is 393 g/mol. The van der Waals surface area contributed by atoms with Gasteiger partial charge in [-0.1, -0.05) is 0 Å². The third-order valence-corrected chi connectivity index (χ3v) is 4.35. The monoisotopic (exact) mass is 408 g/mol. The van der Waals surface area contributed by atoms with Crippen molar-refractivity contribution in [1.29, 1.82) is 0 Å². The van der Waals surface area contributed by atoms with Crippen LogP contribution < -0.4 is 16.0 Å². The zero-order chi connectivity index (χ0) is 21.3. The van der Waals surface area contributed by atoms with Crippen molar-refractivity contribution in [1.82, 2.24) is 0 Å². The Balaban J connectivity index is 1.87. The van der Waals surface area contributed by atoms with Crippen LogP contribution in [0.1, 0.15) is 23.2 Å². The van der Waals surface area contributed by atoms with E-state index in [1.54, 1.807) is 0 Å². The van der Waals surface area contributed by atoms with Crippen LogP contribution in [0.5, 0.6) is 0 Å². The van der Waals surface area contributed by atoms with E-state index in [1.165, 1.54) is 6.07 Å². The predicted octanol–water partition coefficient (Wildman–Crippen LogP) is 2.72. The lowest BCUT2D eigenvalue weighted by Gasteiger charge is -2.24. The van der Waals surface area contributed by atoms with Gasteiger partial charge in [-0.05, 0) is 37.1 Å². The van der Waals surface area contributed by atoms with Crippen LogP contribution in [-0.2, 0) is 4.79 Å². The highest BCUT2D eigenvalue weighted by molar-refractivity contribution is 5.98. The molecule has 1 aliphatic carbocycles. The quantitative estimate of drug-likeness (QED) is 0.539. The van der Waals surface area contributed by atoms with E-state index >= 15 is 0 Å². The average molecular weight is 408 g/mol. The second kappa shape index (κ2) is 7.78. The molecule has 0 bridgehead atoms. The molecule has 2 aromatic rings. The number of halogens is 3. The van der Waals surface area contributed by atoms with Gasteiger partial charge in [0.05, 0.1) is 17.0 Å². The van der Waals surface area contributed by atoms with Crippen LogP contribution in [0, 0.1) is 27.6 Å². The Morgan fingerprint density at radius 3 is 2.41 bits per heavy atom. The number of nitro benzene ring substituents is 1. The Labute approximate surface area is 162 Å². The normalized spacial score (nSPS) is 13.1. The molecule has 152 valence electrons. The molecule has 0 atom stereocenters. The number of anilines is 2. The van der Waals surface area contributed by atoms with Gasteiger partial charge >= 0.3 is 0 Å². The Kier molecular flexibility index (Phi) is 5.39. The molecule has 1 fully saturated rings. The van der Waals surface area contributed by atoms with Gasteiger partial charge < -0.3 is 16.0 Å². The maximum Gasteiger partial charge on any atom is 0.295 e. The summed E-state index contributed by atoms with van der Waals surface area (Å²) in [6, 6.07) is 4.26. The number of nitrogens with one attached hydrogen (secondary N) is 1. The van der Waals surface area contributed by atoms with E-state index in [-0.39, 0.29) is 11.7 Å². The number of nitro groups is 1. The number of rotatable bonds is 7. The SMILES string of the molecule is NC(=O)c1cc(NC(=O)CN(c2c([N+](=O)[O-])ccc(F)c2F)C2CC2)ccc1F. The lowest BCUT2D eigenvalue weighted by molar-refractivity contribution is -0.384. The number of carbonyl (C=O) groups excluding carboxylic acids is 2. The third-order valence-electron chi connectivity index (χ3n) is 4.35. The standard InChI is InChI=1S/C18H15F3N4O4/c19-12-4-1-9(7-11(12)18(22)27)23-15(26)8-24(10-2-3-10)17-14(25(28)29)6-5-13(20)16(17)21/h1,4-7,10H,2-3,8H2,(H2,22,27)(H,23,26). The molecule has 29 heavy (non-hydrogen) atoms. The van der Waals surface area contributed by atoms with E-state index in [0.29, 0.717) is 18.9 Å². The van der Waals surface area contributed by atoms with Gasteiger partial charge in [-0.3, -0.25) is 19.7 Å². The molecule has 0 radical (unpaired) electrons. The number of hydrogen-bond acceptors (Lipinski definition) is 5. The van der Waals surface area contributed by atoms with Gasteiger partial charge in [0.1, 0.15) is 5.82 Å². The van der Waals surface area contributed by atoms with E-state index in [9.17, 15) is 32.9 Å². The molecule has 3 N–H and O–H groups in total. The van der Waals surface area contributed by atoms with Crippen molar-refractivity contribution >= 4 is 28.9 Å². The zero-order valence-electron chi connectivity index (χ0n) is 14.8. The number of amides is 2. The van der Waals surface area contributed by atoms with Crippen molar-refractivity contribution in [2.45, 2.75) is 18.9 Å². The summed E-state index contributed by atoms with van der Waals surface area (Å²) >= 11 is 0. The molecule has 1 saturated carbocycles. The Hall–Kier alpha value is -3.63. The largest absolute Gasteiger partial charge is 0.366 e. The van der Waals surface area contributed by atoms with Crippen molar-refractivity contribution in [3.63, 3.8) is 0 Å². The van der Waals surface area contributed by atoms with Crippen LogP contribution in [0.2, 0.25) is 0 Å². The molecule has 1 aliphatic rings. The summed E-state index contributed by atoms with van der Waals surface area (Å²) in [5, 5.41) is 13.6. The molecule has 0 saturated heterocycles. The van der Waals surface area contributed by atoms with Crippen LogP contribution in [0.15, 0.2) is 30.3 Å². The van der Waals surface area contributed by atoms with Crippen molar-refractivity contribution < 1.29 is 27.7 Å². The van der Waals surface area contributed by atoms with Crippen LogP contribution in [0.25, 0.3) is 0 Å². The summed E-state index contributed by atoms with van der Waals surface area (Å²) in [6.45, 7) is -0.519. The molecule has 8 nitrogen and oxygen atoms in total. The molecule has 0 unspecified atom stereocenters. The van der Waals surface area contributed by atoms with Crippen molar-refractivity contribution in [2.24, 2.45) is 5.73 Å². The molecule has 0 aliphatic heterocycles. The molecule has 0 spiro atoms. The second-order valence-corrected chi connectivity index (χ2v) is 6.45. The first-order valence-corrected chi connectivity index (χ1v) is 8.47. The highest BCUT2D eigenvalue weighted by atomic mass is 19.2. The van der Waals surface area contributed by atoms with E-state index < -0.39 is 57.7 Å². The van der Waals surface area contributed by atoms with E-state index in [1.807, 2.05) is 0 Å². The van der Waals surface area contributed by atoms with Gasteiger partial charge in [-0.15, -0.1) is 0 Å². The number of nitrogens with two attached hydrogens (primary N) is 1. The van der Waals surface area contributed by atoms with Gasteiger partial charge in [0, 0.05) is 17.8 Å². The molecule has 3 rings (SSSR count). The number of primary amides is 1. The zero-order valence-corrected chi connectivity index (χ0v) is 14.8. The maximum atomic E-state index is 14.4. The van der Waals surface area contributed by atoms with Crippen molar-refractivity contribution in [2.75, 3.05) is 16.8 Å². The number of carbonyl (C=O) groups is 2. The van der Waals surface area contributed by atoms with Gasteiger partial charge in [-0.2, -0.15) is 0 Å². The predicted molar refractivity (Wildman–Crippen MR) is 96.9 cm³/mol. The Morgan fingerprint density at radius 1 is 1.17 bits per heavy atom. The Morgan fingerprint density at radius 2 is 1.83 bits per heavy atom. The van der Waals surface area contributed by atoms with Crippen LogP contribution in [-0.4, -0.2) is 29.3 Å². The van der Waals surface area contributed by atoms with Crippen LogP contribution in [0.3, 0.4) is 0 Å². The summed E-state index contributed by atoms with van der Waals surface area (Å²) in [6.07, 6.45) is 1.09. The summed E-state index contributed by atoms with van der Waals surface area (Å²) in [4.78, 5) is 35.2. The number of hydrogen-bond donors (Lipinski definition) is 2. The van der Waals surface area contributed by atoms with Gasteiger partial charge in [0.15, 0.2) is 17.3 Å². The molecule has 11 heteroatoms.